The van der Waals surface area contributed by atoms with Gasteiger partial charge in [-0.15, -0.1) is 0 Å². The van der Waals surface area contributed by atoms with Crippen LogP contribution in [-0.4, -0.2) is 54.6 Å². The van der Waals surface area contributed by atoms with Gasteiger partial charge in [0.1, 0.15) is 5.82 Å². The lowest BCUT2D eigenvalue weighted by atomic mass is 10.1. The van der Waals surface area contributed by atoms with E-state index in [2.05, 4.69) is 63.5 Å². The zero-order valence-electron chi connectivity index (χ0n) is 16.6. The Morgan fingerprint density at radius 2 is 1.71 bits per heavy atom. The lowest BCUT2D eigenvalue weighted by Crippen LogP contribution is -2.45. The Hall–Kier alpha value is -2.63. The van der Waals surface area contributed by atoms with Gasteiger partial charge >= 0.3 is 0 Å². The van der Waals surface area contributed by atoms with Crippen LogP contribution in [0.25, 0.3) is 10.8 Å². The molecule has 0 bridgehead atoms. The van der Waals surface area contributed by atoms with Crippen LogP contribution in [0.1, 0.15) is 11.1 Å². The van der Waals surface area contributed by atoms with Crippen molar-refractivity contribution in [3.05, 3.63) is 65.9 Å². The molecule has 5 nitrogen and oxygen atoms in total. The summed E-state index contributed by atoms with van der Waals surface area (Å²) >= 11 is 0. The van der Waals surface area contributed by atoms with E-state index in [9.17, 15) is 0 Å². The lowest BCUT2D eigenvalue weighted by Gasteiger charge is -2.32. The van der Waals surface area contributed by atoms with Gasteiger partial charge in [0.2, 0.25) is 0 Å². The van der Waals surface area contributed by atoms with Crippen LogP contribution in [-0.2, 0) is 13.0 Å². The monoisotopic (exact) mass is 375 g/mol. The molecule has 0 amide bonds. The molecule has 0 aliphatic carbocycles. The molecule has 1 fully saturated rings. The molecular formula is C23H29N5. The van der Waals surface area contributed by atoms with Crippen LogP contribution in [0.15, 0.2) is 54.7 Å². The smallest absolute Gasteiger partial charge is 0.131 e. The zero-order valence-corrected chi connectivity index (χ0v) is 16.6. The Labute approximate surface area is 167 Å². The van der Waals surface area contributed by atoms with Gasteiger partial charge in [-0.2, -0.15) is 0 Å². The second-order valence-electron chi connectivity index (χ2n) is 7.70. The summed E-state index contributed by atoms with van der Waals surface area (Å²) < 4.78 is 0. The van der Waals surface area contributed by atoms with Crippen molar-refractivity contribution in [2.45, 2.75) is 13.0 Å². The van der Waals surface area contributed by atoms with Crippen molar-refractivity contribution < 1.29 is 0 Å². The molecule has 3 N–H and O–H groups in total. The maximum Gasteiger partial charge on any atom is 0.131 e. The van der Waals surface area contributed by atoms with E-state index in [0.717, 1.165) is 36.0 Å². The number of benzene rings is 2. The van der Waals surface area contributed by atoms with E-state index < -0.39 is 0 Å². The summed E-state index contributed by atoms with van der Waals surface area (Å²) in [7, 11) is 2.20. The van der Waals surface area contributed by atoms with Gasteiger partial charge in [0.15, 0.2) is 0 Å². The highest BCUT2D eigenvalue weighted by Crippen LogP contribution is 2.22. The number of hydrogen-bond donors (Lipinski definition) is 2. The maximum atomic E-state index is 5.93. The zero-order chi connectivity index (χ0) is 19.3. The van der Waals surface area contributed by atoms with Crippen molar-refractivity contribution in [2.24, 2.45) is 0 Å². The molecule has 1 aromatic heterocycles. The fourth-order valence-electron chi connectivity index (χ4n) is 3.70. The summed E-state index contributed by atoms with van der Waals surface area (Å²) in [6.45, 7) is 6.70. The van der Waals surface area contributed by atoms with Crippen molar-refractivity contribution in [1.29, 1.82) is 0 Å². The topological polar surface area (TPSA) is 57.4 Å². The number of piperazine rings is 1. The third-order valence-electron chi connectivity index (χ3n) is 5.63. The van der Waals surface area contributed by atoms with Gasteiger partial charge in [0.25, 0.3) is 0 Å². The van der Waals surface area contributed by atoms with Crippen LogP contribution in [0.2, 0.25) is 0 Å². The van der Waals surface area contributed by atoms with Crippen molar-refractivity contribution >= 4 is 22.3 Å². The molecule has 2 aromatic carbocycles. The van der Waals surface area contributed by atoms with E-state index in [1.165, 1.54) is 37.3 Å². The molecular weight excluding hydrogens is 346 g/mol. The van der Waals surface area contributed by atoms with Gasteiger partial charge in [-0.1, -0.05) is 24.3 Å². The third-order valence-corrected chi connectivity index (χ3v) is 5.63. The van der Waals surface area contributed by atoms with Crippen LogP contribution < -0.4 is 11.1 Å². The summed E-state index contributed by atoms with van der Waals surface area (Å²) in [5, 5.41) is 5.61. The van der Waals surface area contributed by atoms with Gasteiger partial charge < -0.3 is 20.9 Å². The number of aromatic nitrogens is 1. The number of likely N-dealkylation sites (N-methyl/N-ethyl adjacent to an activating group) is 1. The maximum absolute atomic E-state index is 5.93. The minimum Gasteiger partial charge on any atom is -0.383 e. The van der Waals surface area contributed by atoms with Crippen molar-refractivity contribution in [3.63, 3.8) is 0 Å². The molecule has 146 valence electrons. The van der Waals surface area contributed by atoms with E-state index in [1.807, 2.05) is 12.1 Å². The van der Waals surface area contributed by atoms with Gasteiger partial charge in [0, 0.05) is 56.5 Å². The standard InChI is InChI=1S/C23H29N5/c1-27-12-14-28(15-13-27)11-9-18-2-4-19(5-3-18)17-26-21-6-7-22-20(16-21)8-10-25-23(22)24/h2-8,10,16,26H,9,11-15,17H2,1H3,(H2,24,25). The molecule has 3 aromatic rings. The number of anilines is 2. The second kappa shape index (κ2) is 8.59. The van der Waals surface area contributed by atoms with E-state index in [1.54, 1.807) is 6.20 Å². The summed E-state index contributed by atoms with van der Waals surface area (Å²) in [6.07, 6.45) is 2.87. The third kappa shape index (κ3) is 4.61. The molecule has 0 saturated carbocycles. The van der Waals surface area contributed by atoms with Crippen molar-refractivity contribution in [1.82, 2.24) is 14.8 Å². The predicted molar refractivity (Wildman–Crippen MR) is 118 cm³/mol. The van der Waals surface area contributed by atoms with E-state index in [0.29, 0.717) is 5.82 Å². The summed E-state index contributed by atoms with van der Waals surface area (Å²) in [5.74, 6) is 0.580. The van der Waals surface area contributed by atoms with Crippen molar-refractivity contribution in [3.8, 4) is 0 Å². The Balaban J connectivity index is 1.30. The Morgan fingerprint density at radius 3 is 2.50 bits per heavy atom. The number of rotatable bonds is 6. The molecule has 0 radical (unpaired) electrons. The molecule has 0 unspecified atom stereocenters. The normalized spacial score (nSPS) is 15.8. The summed E-state index contributed by atoms with van der Waals surface area (Å²) in [6, 6.07) is 17.2. The molecule has 2 heterocycles. The molecule has 0 atom stereocenters. The fourth-order valence-corrected chi connectivity index (χ4v) is 3.70. The minimum absolute atomic E-state index is 0.580. The molecule has 0 spiro atoms. The first-order chi connectivity index (χ1) is 13.7. The SMILES string of the molecule is CN1CCN(CCc2ccc(CNc3ccc4c(N)nccc4c3)cc2)CC1. The molecule has 4 rings (SSSR count). The van der Waals surface area contributed by atoms with Gasteiger partial charge in [-0.25, -0.2) is 4.98 Å². The van der Waals surface area contributed by atoms with Gasteiger partial charge in [0.05, 0.1) is 0 Å². The second-order valence-corrected chi connectivity index (χ2v) is 7.70. The highest BCUT2D eigenvalue weighted by molar-refractivity contribution is 5.92. The number of nitrogens with zero attached hydrogens (tertiary/aromatic N) is 3. The first-order valence-electron chi connectivity index (χ1n) is 10.0. The van der Waals surface area contributed by atoms with Crippen LogP contribution in [0.3, 0.4) is 0 Å². The first-order valence-corrected chi connectivity index (χ1v) is 10.0. The van der Waals surface area contributed by atoms with E-state index in [-0.39, 0.29) is 0 Å². The van der Waals surface area contributed by atoms with Crippen molar-refractivity contribution in [2.75, 3.05) is 50.8 Å². The molecule has 5 heteroatoms. The number of pyridine rings is 1. The molecule has 1 aliphatic heterocycles. The highest BCUT2D eigenvalue weighted by Gasteiger charge is 2.13. The number of hydrogen-bond acceptors (Lipinski definition) is 5. The molecule has 28 heavy (non-hydrogen) atoms. The summed E-state index contributed by atoms with van der Waals surface area (Å²) in [5.41, 5.74) is 9.72. The predicted octanol–water partition coefficient (Wildman–Crippen LogP) is 3.22. The number of nitrogens with two attached hydrogens (primary N) is 1. The minimum atomic E-state index is 0.580. The van der Waals surface area contributed by atoms with Gasteiger partial charge in [-0.3, -0.25) is 0 Å². The Bertz CT molecular complexity index is 914. The van der Waals surface area contributed by atoms with Crippen LogP contribution >= 0.6 is 0 Å². The largest absolute Gasteiger partial charge is 0.383 e. The number of nitrogen functional groups attached to an aromatic ring is 1. The highest BCUT2D eigenvalue weighted by atomic mass is 15.2. The van der Waals surface area contributed by atoms with E-state index in [4.69, 9.17) is 5.73 Å². The Morgan fingerprint density at radius 1 is 0.964 bits per heavy atom. The average Bonchev–Trinajstić information content (AvgIpc) is 2.73. The average molecular weight is 376 g/mol. The van der Waals surface area contributed by atoms with Crippen LogP contribution in [0.4, 0.5) is 11.5 Å². The number of fused-ring (bicyclic) bond motifs is 1. The Kier molecular flexibility index (Phi) is 5.74. The van der Waals surface area contributed by atoms with E-state index >= 15 is 0 Å². The summed E-state index contributed by atoms with van der Waals surface area (Å²) in [4.78, 5) is 9.11. The number of nitrogens with one attached hydrogen (secondary N) is 1. The fraction of sp³-hybridized carbons (Fsp3) is 0.348. The first kappa shape index (κ1) is 18.7. The van der Waals surface area contributed by atoms with Crippen LogP contribution in [0, 0.1) is 0 Å². The lowest BCUT2D eigenvalue weighted by molar-refractivity contribution is 0.155. The quantitative estimate of drug-likeness (QED) is 0.693. The van der Waals surface area contributed by atoms with Crippen LogP contribution in [0.5, 0.6) is 0 Å². The molecule has 1 aliphatic rings. The van der Waals surface area contributed by atoms with Gasteiger partial charge in [-0.05, 0) is 54.2 Å². The molecule has 1 saturated heterocycles.